The number of allylic oxidation sites excluding steroid dienone is 1. The van der Waals surface area contributed by atoms with Crippen molar-refractivity contribution in [1.82, 2.24) is 20.8 Å². The average Bonchev–Trinajstić information content (AvgIpc) is 3.45. The van der Waals surface area contributed by atoms with Crippen molar-refractivity contribution in [3.05, 3.63) is 83.0 Å². The second-order valence-electron chi connectivity index (χ2n) is 7.30. The van der Waals surface area contributed by atoms with Crippen LogP contribution in [0, 0.1) is 0 Å². The maximum Gasteiger partial charge on any atom is 0.319 e. The molecule has 0 bridgehead atoms. The molecule has 7 nitrogen and oxygen atoms in total. The molecule has 5 rings (SSSR count). The molecule has 1 unspecified atom stereocenters. The van der Waals surface area contributed by atoms with Crippen LogP contribution >= 0.6 is 11.3 Å². The van der Waals surface area contributed by atoms with Crippen LogP contribution in [0.5, 0.6) is 0 Å². The van der Waals surface area contributed by atoms with E-state index in [4.69, 9.17) is 0 Å². The predicted octanol–water partition coefficient (Wildman–Crippen LogP) is 4.56. The van der Waals surface area contributed by atoms with Crippen molar-refractivity contribution in [2.24, 2.45) is 0 Å². The van der Waals surface area contributed by atoms with Gasteiger partial charge in [0.25, 0.3) is 5.91 Å². The summed E-state index contributed by atoms with van der Waals surface area (Å²) in [6.45, 7) is 1.74. The first-order valence-electron chi connectivity index (χ1n) is 9.75. The Hall–Kier alpha value is -3.91. The summed E-state index contributed by atoms with van der Waals surface area (Å²) in [7, 11) is 0. The van der Waals surface area contributed by atoms with E-state index in [1.165, 1.54) is 4.88 Å². The number of aromatic nitrogens is 2. The van der Waals surface area contributed by atoms with Gasteiger partial charge in [0.2, 0.25) is 0 Å². The Morgan fingerprint density at radius 3 is 2.74 bits per heavy atom. The van der Waals surface area contributed by atoms with Crippen molar-refractivity contribution in [3.8, 4) is 10.4 Å². The van der Waals surface area contributed by atoms with Crippen LogP contribution in [0.25, 0.3) is 21.3 Å². The number of benzene rings is 2. The van der Waals surface area contributed by atoms with Crippen LogP contribution in [0.15, 0.2) is 77.4 Å². The molecule has 154 valence electrons. The number of nitrogens with zero attached hydrogens (tertiary/aromatic N) is 1. The minimum atomic E-state index is -0.552. The van der Waals surface area contributed by atoms with Crippen LogP contribution in [0.3, 0.4) is 0 Å². The van der Waals surface area contributed by atoms with Gasteiger partial charge in [-0.2, -0.15) is 5.10 Å². The summed E-state index contributed by atoms with van der Waals surface area (Å²) in [4.78, 5) is 26.5. The zero-order valence-corrected chi connectivity index (χ0v) is 17.4. The second kappa shape index (κ2) is 7.73. The zero-order chi connectivity index (χ0) is 21.4. The van der Waals surface area contributed by atoms with Gasteiger partial charge < -0.3 is 16.0 Å². The highest BCUT2D eigenvalue weighted by molar-refractivity contribution is 7.13. The largest absolute Gasteiger partial charge is 0.327 e. The molecular weight excluding hydrogens is 410 g/mol. The van der Waals surface area contributed by atoms with E-state index in [0.29, 0.717) is 17.0 Å². The summed E-state index contributed by atoms with van der Waals surface area (Å²) < 4.78 is 0. The van der Waals surface area contributed by atoms with E-state index in [1.54, 1.807) is 24.5 Å². The first-order valence-corrected chi connectivity index (χ1v) is 10.6. The van der Waals surface area contributed by atoms with Gasteiger partial charge in [-0.25, -0.2) is 4.79 Å². The third-order valence-corrected chi connectivity index (χ3v) is 6.18. The molecule has 0 fully saturated rings. The number of aromatic amines is 1. The number of nitrogens with one attached hydrogen (secondary N) is 4. The summed E-state index contributed by atoms with van der Waals surface area (Å²) >= 11 is 1.67. The Morgan fingerprint density at radius 1 is 1.13 bits per heavy atom. The lowest BCUT2D eigenvalue weighted by molar-refractivity contribution is -0.113. The van der Waals surface area contributed by atoms with E-state index < -0.39 is 6.04 Å². The minimum Gasteiger partial charge on any atom is -0.327 e. The molecule has 4 aromatic rings. The number of rotatable bonds is 4. The lowest BCUT2D eigenvalue weighted by Gasteiger charge is -2.28. The quantitative estimate of drug-likeness (QED) is 0.383. The second-order valence-corrected chi connectivity index (χ2v) is 8.24. The van der Waals surface area contributed by atoms with Crippen LogP contribution in [0.4, 0.5) is 10.5 Å². The smallest absolute Gasteiger partial charge is 0.319 e. The van der Waals surface area contributed by atoms with Gasteiger partial charge in [-0.3, -0.25) is 9.89 Å². The fourth-order valence-electron chi connectivity index (χ4n) is 3.75. The lowest BCUT2D eigenvalue weighted by atomic mass is 9.94. The van der Waals surface area contributed by atoms with Gasteiger partial charge in [0, 0.05) is 21.6 Å². The highest BCUT2D eigenvalue weighted by atomic mass is 32.1. The van der Waals surface area contributed by atoms with E-state index in [1.807, 2.05) is 53.9 Å². The lowest BCUT2D eigenvalue weighted by Crippen LogP contribution is -2.45. The molecule has 3 amide bonds. The first-order chi connectivity index (χ1) is 15.1. The Labute approximate surface area is 182 Å². The number of H-pyrrole nitrogens is 1. The van der Waals surface area contributed by atoms with Crippen molar-refractivity contribution < 1.29 is 9.59 Å². The van der Waals surface area contributed by atoms with Crippen LogP contribution < -0.4 is 16.0 Å². The van der Waals surface area contributed by atoms with E-state index >= 15 is 0 Å². The molecular formula is C23H19N5O2S. The highest BCUT2D eigenvalue weighted by Crippen LogP contribution is 2.31. The van der Waals surface area contributed by atoms with Gasteiger partial charge in [0.05, 0.1) is 23.3 Å². The summed E-state index contributed by atoms with van der Waals surface area (Å²) in [5.41, 5.74) is 4.48. The van der Waals surface area contributed by atoms with E-state index in [9.17, 15) is 9.59 Å². The van der Waals surface area contributed by atoms with Crippen molar-refractivity contribution in [2.45, 2.75) is 13.0 Å². The summed E-state index contributed by atoms with van der Waals surface area (Å²) in [5.74, 6) is -0.278. The van der Waals surface area contributed by atoms with E-state index in [0.717, 1.165) is 22.0 Å². The molecule has 2 aromatic carbocycles. The Balaban J connectivity index is 1.45. The molecule has 0 saturated carbocycles. The van der Waals surface area contributed by atoms with Crippen LogP contribution in [-0.2, 0) is 4.79 Å². The molecule has 0 aliphatic carbocycles. The van der Waals surface area contributed by atoms with E-state index in [-0.39, 0.29) is 11.9 Å². The molecule has 3 heterocycles. The van der Waals surface area contributed by atoms with Crippen LogP contribution in [0.1, 0.15) is 18.5 Å². The molecule has 4 N–H and O–H groups in total. The first kappa shape index (κ1) is 19.1. The molecule has 1 atom stereocenters. The van der Waals surface area contributed by atoms with Crippen LogP contribution in [-0.4, -0.2) is 22.1 Å². The molecule has 0 spiro atoms. The van der Waals surface area contributed by atoms with Gasteiger partial charge >= 0.3 is 6.03 Å². The SMILES string of the molecule is CC1=C(C(=O)Nc2ccc3[nH]ncc3c2)C(c2ccc(-c3cccs3)cc2)NC(=O)N1. The van der Waals surface area contributed by atoms with E-state index in [2.05, 4.69) is 32.2 Å². The minimum absolute atomic E-state index is 0.278. The van der Waals surface area contributed by atoms with Crippen LogP contribution in [0.2, 0.25) is 0 Å². The molecule has 8 heteroatoms. The van der Waals surface area contributed by atoms with Crippen molar-refractivity contribution in [2.75, 3.05) is 5.32 Å². The normalized spacial score (nSPS) is 16.2. The summed E-state index contributed by atoms with van der Waals surface area (Å²) in [6.07, 6.45) is 1.70. The highest BCUT2D eigenvalue weighted by Gasteiger charge is 2.31. The fourth-order valence-corrected chi connectivity index (χ4v) is 4.48. The number of hydrogen-bond acceptors (Lipinski definition) is 4. The van der Waals surface area contributed by atoms with Gasteiger partial charge in [-0.05, 0) is 47.7 Å². The van der Waals surface area contributed by atoms with Gasteiger partial charge in [-0.1, -0.05) is 30.3 Å². The standard InChI is InChI=1S/C23H19N5O2S/c1-13-20(22(29)26-17-8-9-18-16(11-17)12-24-28-18)21(27-23(30)25-13)15-6-4-14(5-7-15)19-3-2-10-31-19/h2-12,21H,1H3,(H,24,28)(H,26,29)(H2,25,27,30). The molecule has 2 aromatic heterocycles. The van der Waals surface area contributed by atoms with Crippen molar-refractivity contribution in [3.63, 3.8) is 0 Å². The number of carbonyl (C=O) groups is 2. The number of hydrogen-bond donors (Lipinski definition) is 4. The maximum atomic E-state index is 13.2. The zero-order valence-electron chi connectivity index (χ0n) is 16.6. The molecule has 1 aliphatic heterocycles. The average molecular weight is 430 g/mol. The number of anilines is 1. The maximum absolute atomic E-state index is 13.2. The predicted molar refractivity (Wildman–Crippen MR) is 122 cm³/mol. The van der Waals surface area contributed by atoms with Gasteiger partial charge in [0.15, 0.2) is 0 Å². The van der Waals surface area contributed by atoms with Gasteiger partial charge in [-0.15, -0.1) is 11.3 Å². The third-order valence-electron chi connectivity index (χ3n) is 5.26. The number of urea groups is 1. The summed E-state index contributed by atoms with van der Waals surface area (Å²) in [6, 6.07) is 16.6. The molecule has 1 aliphatic rings. The molecule has 0 saturated heterocycles. The monoisotopic (exact) mass is 429 g/mol. The summed E-state index contributed by atoms with van der Waals surface area (Å²) in [5, 5.41) is 18.4. The van der Waals surface area contributed by atoms with Crippen molar-refractivity contribution in [1.29, 1.82) is 0 Å². The Morgan fingerprint density at radius 2 is 1.97 bits per heavy atom. The number of amides is 3. The number of carbonyl (C=O) groups excluding carboxylic acids is 2. The molecule has 0 radical (unpaired) electrons. The Kier molecular flexibility index (Phi) is 4.76. The number of thiophene rings is 1. The number of fused-ring (bicyclic) bond motifs is 1. The fraction of sp³-hybridized carbons (Fsp3) is 0.0870. The topological polar surface area (TPSA) is 98.9 Å². The van der Waals surface area contributed by atoms with Crippen molar-refractivity contribution >= 4 is 39.9 Å². The molecule has 31 heavy (non-hydrogen) atoms. The Bertz CT molecular complexity index is 1310. The van der Waals surface area contributed by atoms with Gasteiger partial charge in [0.1, 0.15) is 0 Å². The third kappa shape index (κ3) is 3.69.